The standard InChI is InChI=1S/C6H4F2N2O2/c1-5(7,8)6(2-9,3-10)4(11)12/h1H3,(H,11,12). The van der Waals surface area contributed by atoms with Gasteiger partial charge < -0.3 is 5.11 Å². The number of rotatable bonds is 2. The molecule has 0 aromatic heterocycles. The van der Waals surface area contributed by atoms with Crippen molar-refractivity contribution >= 4 is 5.97 Å². The summed E-state index contributed by atoms with van der Waals surface area (Å²) in [5, 5.41) is 24.5. The molecule has 0 aliphatic carbocycles. The molecule has 0 heterocycles. The summed E-state index contributed by atoms with van der Waals surface area (Å²) in [5.74, 6) is -6.03. The average Bonchev–Trinajstić information content (AvgIpc) is 1.87. The molecule has 0 aromatic rings. The van der Waals surface area contributed by atoms with Gasteiger partial charge in [-0.05, 0) is 0 Å². The second-order valence-electron chi connectivity index (χ2n) is 2.17. The van der Waals surface area contributed by atoms with Crippen LogP contribution < -0.4 is 0 Å². The highest BCUT2D eigenvalue weighted by atomic mass is 19.3. The van der Waals surface area contributed by atoms with Crippen LogP contribution in [0.4, 0.5) is 8.78 Å². The molecule has 1 N–H and O–H groups in total. The Labute approximate surface area is 66.6 Å². The van der Waals surface area contributed by atoms with Gasteiger partial charge in [-0.3, -0.25) is 0 Å². The number of halogens is 2. The Hall–Kier alpha value is -1.69. The molecular formula is C6H4F2N2O2. The van der Waals surface area contributed by atoms with Gasteiger partial charge in [-0.25, -0.2) is 13.6 Å². The second-order valence-corrected chi connectivity index (χ2v) is 2.17. The first-order valence-corrected chi connectivity index (χ1v) is 2.75. The summed E-state index contributed by atoms with van der Waals surface area (Å²) in [6.45, 7) is 0.216. The van der Waals surface area contributed by atoms with Crippen LogP contribution in [-0.4, -0.2) is 17.0 Å². The fraction of sp³-hybridized carbons (Fsp3) is 0.500. The normalized spacial score (nSPS) is 11.4. The van der Waals surface area contributed by atoms with Crippen LogP contribution in [0.3, 0.4) is 0 Å². The Bertz CT molecular complexity index is 267. The Balaban J connectivity index is 5.35. The maximum Gasteiger partial charge on any atom is 0.345 e. The van der Waals surface area contributed by atoms with E-state index in [1.807, 2.05) is 0 Å². The molecule has 0 rings (SSSR count). The summed E-state index contributed by atoms with van der Waals surface area (Å²) in [7, 11) is 0. The van der Waals surface area contributed by atoms with E-state index >= 15 is 0 Å². The fourth-order valence-corrected chi connectivity index (χ4v) is 0.505. The zero-order valence-corrected chi connectivity index (χ0v) is 6.01. The van der Waals surface area contributed by atoms with Crippen molar-refractivity contribution in [2.45, 2.75) is 12.8 Å². The van der Waals surface area contributed by atoms with Crippen molar-refractivity contribution in [3.8, 4) is 12.1 Å². The molecule has 0 bridgehead atoms. The summed E-state index contributed by atoms with van der Waals surface area (Å²) >= 11 is 0. The Morgan fingerprint density at radius 2 is 1.75 bits per heavy atom. The summed E-state index contributed by atoms with van der Waals surface area (Å²) in [6, 6.07) is 1.59. The number of carboxylic acids is 1. The van der Waals surface area contributed by atoms with Gasteiger partial charge in [-0.2, -0.15) is 10.5 Å². The van der Waals surface area contributed by atoms with Gasteiger partial charge in [-0.15, -0.1) is 0 Å². The molecule has 4 nitrogen and oxygen atoms in total. The van der Waals surface area contributed by atoms with Gasteiger partial charge in [0.05, 0.1) is 0 Å². The van der Waals surface area contributed by atoms with Crippen LogP contribution >= 0.6 is 0 Å². The highest BCUT2D eigenvalue weighted by molar-refractivity contribution is 5.83. The fourth-order valence-electron chi connectivity index (χ4n) is 0.505. The zero-order valence-electron chi connectivity index (χ0n) is 6.01. The number of hydrogen-bond acceptors (Lipinski definition) is 3. The first kappa shape index (κ1) is 10.3. The van der Waals surface area contributed by atoms with Crippen LogP contribution in [0.5, 0.6) is 0 Å². The van der Waals surface area contributed by atoms with E-state index in [9.17, 15) is 13.6 Å². The Morgan fingerprint density at radius 3 is 1.75 bits per heavy atom. The third-order valence-electron chi connectivity index (χ3n) is 1.31. The quantitative estimate of drug-likeness (QED) is 0.669. The third-order valence-corrected chi connectivity index (χ3v) is 1.31. The maximum atomic E-state index is 12.5. The lowest BCUT2D eigenvalue weighted by Gasteiger charge is -2.20. The molecule has 0 aliphatic rings. The van der Waals surface area contributed by atoms with Crippen LogP contribution in [0, 0.1) is 28.1 Å². The van der Waals surface area contributed by atoms with E-state index in [1.54, 1.807) is 0 Å². The molecule has 0 saturated heterocycles. The minimum Gasteiger partial charge on any atom is -0.479 e. The van der Waals surface area contributed by atoms with E-state index in [0.717, 1.165) is 12.1 Å². The minimum absolute atomic E-state index is 0.216. The van der Waals surface area contributed by atoms with E-state index in [4.69, 9.17) is 15.6 Å². The van der Waals surface area contributed by atoms with E-state index in [-0.39, 0.29) is 6.92 Å². The van der Waals surface area contributed by atoms with Crippen LogP contribution in [0.15, 0.2) is 0 Å². The van der Waals surface area contributed by atoms with Crippen molar-refractivity contribution in [3.05, 3.63) is 0 Å². The van der Waals surface area contributed by atoms with Gasteiger partial charge in [0.1, 0.15) is 12.1 Å². The van der Waals surface area contributed by atoms with Crippen molar-refractivity contribution in [1.82, 2.24) is 0 Å². The molecule has 0 amide bonds. The number of carbonyl (C=O) groups is 1. The number of alkyl halides is 2. The number of aliphatic carboxylic acids is 1. The lowest BCUT2D eigenvalue weighted by Crippen LogP contribution is -2.43. The Kier molecular flexibility index (Phi) is 2.36. The lowest BCUT2D eigenvalue weighted by atomic mass is 9.85. The number of carboxylic acid groups (broad SMARTS) is 1. The molecule has 0 atom stereocenters. The maximum absolute atomic E-state index is 12.5. The van der Waals surface area contributed by atoms with Gasteiger partial charge in [0.25, 0.3) is 5.92 Å². The van der Waals surface area contributed by atoms with Gasteiger partial charge in [0.2, 0.25) is 0 Å². The lowest BCUT2D eigenvalue weighted by molar-refractivity contribution is -0.157. The number of nitriles is 2. The number of hydrogen-bond donors (Lipinski definition) is 1. The van der Waals surface area contributed by atoms with E-state index in [0.29, 0.717) is 0 Å². The van der Waals surface area contributed by atoms with Crippen LogP contribution in [0.2, 0.25) is 0 Å². The monoisotopic (exact) mass is 174 g/mol. The van der Waals surface area contributed by atoms with Crippen LogP contribution in [0.25, 0.3) is 0 Å². The van der Waals surface area contributed by atoms with E-state index in [2.05, 4.69) is 0 Å². The predicted octanol–water partition coefficient (Wildman–Crippen LogP) is 0.760. The molecule has 0 aromatic carbocycles. The SMILES string of the molecule is CC(F)(F)C(C#N)(C#N)C(=O)O. The molecule has 0 radical (unpaired) electrons. The predicted molar refractivity (Wildman–Crippen MR) is 31.9 cm³/mol. The summed E-state index contributed by atoms with van der Waals surface area (Å²) in [5.41, 5.74) is -3.28. The molecule has 0 spiro atoms. The second kappa shape index (κ2) is 2.74. The molecule has 0 fully saturated rings. The van der Waals surface area contributed by atoms with Gasteiger partial charge in [0.15, 0.2) is 0 Å². The third kappa shape index (κ3) is 1.19. The van der Waals surface area contributed by atoms with E-state index < -0.39 is 17.3 Å². The van der Waals surface area contributed by atoms with Crippen LogP contribution in [0.1, 0.15) is 6.92 Å². The molecule has 6 heteroatoms. The van der Waals surface area contributed by atoms with Crippen molar-refractivity contribution < 1.29 is 18.7 Å². The number of nitrogens with zero attached hydrogens (tertiary/aromatic N) is 2. The van der Waals surface area contributed by atoms with Crippen LogP contribution in [-0.2, 0) is 4.79 Å². The van der Waals surface area contributed by atoms with Crippen molar-refractivity contribution in [2.24, 2.45) is 5.41 Å². The first-order chi connectivity index (χ1) is 5.31. The van der Waals surface area contributed by atoms with Gasteiger partial charge in [0, 0.05) is 6.92 Å². The van der Waals surface area contributed by atoms with Gasteiger partial charge in [-0.1, -0.05) is 0 Å². The summed E-state index contributed by atoms with van der Waals surface area (Å²) in [6.07, 6.45) is 0. The van der Waals surface area contributed by atoms with Crippen molar-refractivity contribution in [1.29, 1.82) is 10.5 Å². The van der Waals surface area contributed by atoms with Crippen molar-refractivity contribution in [3.63, 3.8) is 0 Å². The molecule has 64 valence electrons. The highest BCUT2D eigenvalue weighted by Crippen LogP contribution is 2.35. The molecule has 0 aliphatic heterocycles. The topological polar surface area (TPSA) is 84.9 Å². The smallest absolute Gasteiger partial charge is 0.345 e. The van der Waals surface area contributed by atoms with Gasteiger partial charge >= 0.3 is 11.4 Å². The molecule has 0 saturated carbocycles. The average molecular weight is 174 g/mol. The van der Waals surface area contributed by atoms with E-state index in [1.165, 1.54) is 0 Å². The highest BCUT2D eigenvalue weighted by Gasteiger charge is 2.58. The molecular weight excluding hydrogens is 170 g/mol. The zero-order chi connectivity index (χ0) is 9.99. The first-order valence-electron chi connectivity index (χ1n) is 2.75. The molecule has 0 unspecified atom stereocenters. The summed E-state index contributed by atoms with van der Waals surface area (Å²) < 4.78 is 24.9. The Morgan fingerprint density at radius 1 is 1.42 bits per heavy atom. The minimum atomic E-state index is -3.89. The molecule has 12 heavy (non-hydrogen) atoms. The summed E-state index contributed by atoms with van der Waals surface area (Å²) in [4.78, 5) is 10.2. The largest absolute Gasteiger partial charge is 0.479 e. The van der Waals surface area contributed by atoms with Crippen molar-refractivity contribution in [2.75, 3.05) is 0 Å².